The molecule has 2 rings (SSSR count). The number of nitrogens with one attached hydrogen (secondary N) is 1. The third-order valence-corrected chi connectivity index (χ3v) is 3.62. The van der Waals surface area contributed by atoms with Crippen LogP contribution < -0.4 is 5.32 Å². The summed E-state index contributed by atoms with van der Waals surface area (Å²) in [5, 5.41) is 4.17. The average Bonchev–Trinajstić information content (AvgIpc) is 2.38. The Labute approximate surface area is 118 Å². The zero-order chi connectivity index (χ0) is 13.8. The van der Waals surface area contributed by atoms with Crippen LogP contribution in [0.2, 0.25) is 5.02 Å². The van der Waals surface area contributed by atoms with Crippen LogP contribution >= 0.6 is 11.6 Å². The first-order chi connectivity index (χ1) is 9.08. The minimum absolute atomic E-state index is 0.151. The Kier molecular flexibility index (Phi) is 4.56. The minimum atomic E-state index is -0.194. The van der Waals surface area contributed by atoms with E-state index < -0.39 is 0 Å². The molecule has 0 radical (unpaired) electrons. The number of halogens is 2. The number of rotatable bonds is 4. The van der Waals surface area contributed by atoms with Crippen LogP contribution in [0, 0.1) is 12.7 Å². The number of aryl methyl sites for hydroxylation is 1. The largest absolute Gasteiger partial charge is 0.306 e. The van der Waals surface area contributed by atoms with Crippen LogP contribution in [-0.4, -0.2) is 0 Å². The molecule has 1 nitrogen and oxygen atoms in total. The molecule has 1 atom stereocenters. The van der Waals surface area contributed by atoms with E-state index in [4.69, 9.17) is 11.6 Å². The van der Waals surface area contributed by atoms with Crippen LogP contribution in [0.15, 0.2) is 42.5 Å². The Bertz CT molecular complexity index is 568. The van der Waals surface area contributed by atoms with E-state index >= 15 is 0 Å². The summed E-state index contributed by atoms with van der Waals surface area (Å²) < 4.78 is 13.0. The maximum Gasteiger partial charge on any atom is 0.123 e. The second-order valence-corrected chi connectivity index (χ2v) is 5.10. The van der Waals surface area contributed by atoms with E-state index in [1.807, 2.05) is 37.3 Å². The SMILES string of the molecule is Cc1cc(F)ccc1CNC(C)c1ccccc1Cl. The highest BCUT2D eigenvalue weighted by Crippen LogP contribution is 2.22. The summed E-state index contributed by atoms with van der Waals surface area (Å²) in [5.74, 6) is -0.194. The van der Waals surface area contributed by atoms with Crippen molar-refractivity contribution in [2.24, 2.45) is 0 Å². The summed E-state index contributed by atoms with van der Waals surface area (Å²) in [4.78, 5) is 0. The third kappa shape index (κ3) is 3.55. The molecule has 0 aliphatic carbocycles. The Balaban J connectivity index is 2.04. The van der Waals surface area contributed by atoms with Crippen LogP contribution in [0.3, 0.4) is 0 Å². The summed E-state index contributed by atoms with van der Waals surface area (Å²) in [7, 11) is 0. The molecular formula is C16H17ClFN. The second kappa shape index (κ2) is 6.18. The molecule has 3 heteroatoms. The van der Waals surface area contributed by atoms with Gasteiger partial charge in [-0.3, -0.25) is 0 Å². The highest BCUT2D eigenvalue weighted by atomic mass is 35.5. The van der Waals surface area contributed by atoms with Gasteiger partial charge in [0.15, 0.2) is 0 Å². The molecule has 2 aromatic carbocycles. The Hall–Kier alpha value is -1.38. The van der Waals surface area contributed by atoms with Gasteiger partial charge in [0.25, 0.3) is 0 Å². The molecule has 0 spiro atoms. The van der Waals surface area contributed by atoms with Gasteiger partial charge < -0.3 is 5.32 Å². The lowest BCUT2D eigenvalue weighted by Gasteiger charge is -2.16. The number of hydrogen-bond donors (Lipinski definition) is 1. The lowest BCUT2D eigenvalue weighted by atomic mass is 10.1. The molecule has 100 valence electrons. The fourth-order valence-electron chi connectivity index (χ4n) is 2.06. The summed E-state index contributed by atoms with van der Waals surface area (Å²) >= 11 is 6.16. The molecule has 1 N–H and O–H groups in total. The molecule has 19 heavy (non-hydrogen) atoms. The third-order valence-electron chi connectivity index (χ3n) is 3.28. The smallest absolute Gasteiger partial charge is 0.123 e. The van der Waals surface area contributed by atoms with E-state index in [1.54, 1.807) is 6.07 Å². The Morgan fingerprint density at radius 3 is 2.63 bits per heavy atom. The fourth-order valence-corrected chi connectivity index (χ4v) is 2.36. The maximum atomic E-state index is 13.0. The van der Waals surface area contributed by atoms with E-state index in [9.17, 15) is 4.39 Å². The van der Waals surface area contributed by atoms with Gasteiger partial charge in [-0.05, 0) is 48.7 Å². The molecule has 0 saturated heterocycles. The summed E-state index contributed by atoms with van der Waals surface area (Å²) in [6.07, 6.45) is 0. The maximum absolute atomic E-state index is 13.0. The van der Waals surface area contributed by atoms with Gasteiger partial charge in [0.2, 0.25) is 0 Å². The molecule has 1 unspecified atom stereocenters. The first-order valence-corrected chi connectivity index (χ1v) is 6.68. The average molecular weight is 278 g/mol. The highest BCUT2D eigenvalue weighted by Gasteiger charge is 2.09. The van der Waals surface area contributed by atoms with Gasteiger partial charge in [-0.2, -0.15) is 0 Å². The zero-order valence-corrected chi connectivity index (χ0v) is 11.8. The molecule has 0 aromatic heterocycles. The number of benzene rings is 2. The standard InChI is InChI=1S/C16H17ClFN/c1-11-9-14(18)8-7-13(11)10-19-12(2)15-5-3-4-6-16(15)17/h3-9,12,19H,10H2,1-2H3. The monoisotopic (exact) mass is 277 g/mol. The Morgan fingerprint density at radius 1 is 1.21 bits per heavy atom. The van der Waals surface area contributed by atoms with Gasteiger partial charge in [0, 0.05) is 17.6 Å². The molecule has 0 heterocycles. The Morgan fingerprint density at radius 2 is 1.95 bits per heavy atom. The fraction of sp³-hybridized carbons (Fsp3) is 0.250. The van der Waals surface area contributed by atoms with Crippen molar-refractivity contribution in [3.8, 4) is 0 Å². The normalized spacial score (nSPS) is 12.4. The van der Waals surface area contributed by atoms with E-state index in [0.29, 0.717) is 6.54 Å². The van der Waals surface area contributed by atoms with Gasteiger partial charge in [0.1, 0.15) is 5.82 Å². The molecule has 0 fully saturated rings. The highest BCUT2D eigenvalue weighted by molar-refractivity contribution is 6.31. The summed E-state index contributed by atoms with van der Waals surface area (Å²) in [5.41, 5.74) is 3.13. The van der Waals surface area contributed by atoms with E-state index in [1.165, 1.54) is 6.07 Å². The van der Waals surface area contributed by atoms with Gasteiger partial charge in [-0.15, -0.1) is 0 Å². The van der Waals surface area contributed by atoms with Crippen LogP contribution in [0.25, 0.3) is 0 Å². The quantitative estimate of drug-likeness (QED) is 0.858. The predicted octanol–water partition coefficient (Wildman–Crippen LogP) is 4.64. The number of hydrogen-bond acceptors (Lipinski definition) is 1. The van der Waals surface area contributed by atoms with Crippen molar-refractivity contribution in [3.05, 3.63) is 70.0 Å². The van der Waals surface area contributed by atoms with Gasteiger partial charge in [-0.25, -0.2) is 4.39 Å². The molecular weight excluding hydrogens is 261 g/mol. The van der Waals surface area contributed by atoms with E-state index in [0.717, 1.165) is 21.7 Å². The van der Waals surface area contributed by atoms with Crippen molar-refractivity contribution in [2.75, 3.05) is 0 Å². The predicted molar refractivity (Wildman–Crippen MR) is 77.8 cm³/mol. The van der Waals surface area contributed by atoms with E-state index in [2.05, 4.69) is 12.2 Å². The first kappa shape index (κ1) is 14.0. The summed E-state index contributed by atoms with van der Waals surface area (Å²) in [6.45, 7) is 4.68. The lowest BCUT2D eigenvalue weighted by Crippen LogP contribution is -2.19. The molecule has 2 aromatic rings. The van der Waals surface area contributed by atoms with Crippen LogP contribution in [0.5, 0.6) is 0 Å². The molecule has 0 amide bonds. The topological polar surface area (TPSA) is 12.0 Å². The van der Waals surface area contributed by atoms with Gasteiger partial charge in [0.05, 0.1) is 0 Å². The minimum Gasteiger partial charge on any atom is -0.306 e. The van der Waals surface area contributed by atoms with Crippen molar-refractivity contribution in [1.82, 2.24) is 5.32 Å². The molecule has 0 aliphatic heterocycles. The second-order valence-electron chi connectivity index (χ2n) is 4.69. The molecule has 0 bridgehead atoms. The van der Waals surface area contributed by atoms with Crippen LogP contribution in [0.1, 0.15) is 29.7 Å². The zero-order valence-electron chi connectivity index (χ0n) is 11.1. The molecule has 0 aliphatic rings. The van der Waals surface area contributed by atoms with Gasteiger partial charge in [-0.1, -0.05) is 35.9 Å². The summed E-state index contributed by atoms with van der Waals surface area (Å²) in [6, 6.07) is 12.8. The molecule has 0 saturated carbocycles. The van der Waals surface area contributed by atoms with E-state index in [-0.39, 0.29) is 11.9 Å². The van der Waals surface area contributed by atoms with Crippen molar-refractivity contribution in [2.45, 2.75) is 26.4 Å². The van der Waals surface area contributed by atoms with Crippen molar-refractivity contribution in [1.29, 1.82) is 0 Å². The van der Waals surface area contributed by atoms with Crippen LogP contribution in [-0.2, 0) is 6.54 Å². The van der Waals surface area contributed by atoms with Gasteiger partial charge >= 0.3 is 0 Å². The first-order valence-electron chi connectivity index (χ1n) is 6.31. The van der Waals surface area contributed by atoms with Crippen LogP contribution in [0.4, 0.5) is 4.39 Å². The van der Waals surface area contributed by atoms with Crippen molar-refractivity contribution in [3.63, 3.8) is 0 Å². The van der Waals surface area contributed by atoms with Crippen molar-refractivity contribution < 1.29 is 4.39 Å². The lowest BCUT2D eigenvalue weighted by molar-refractivity contribution is 0.571. The van der Waals surface area contributed by atoms with Crippen molar-refractivity contribution >= 4 is 11.6 Å².